The van der Waals surface area contributed by atoms with Crippen molar-refractivity contribution >= 4 is 5.69 Å². The molecule has 1 unspecified atom stereocenters. The lowest BCUT2D eigenvalue weighted by molar-refractivity contribution is 0.171. The first-order valence-corrected chi connectivity index (χ1v) is 8.03. The van der Waals surface area contributed by atoms with Crippen molar-refractivity contribution in [2.45, 2.75) is 12.3 Å². The van der Waals surface area contributed by atoms with Crippen LogP contribution >= 0.6 is 0 Å². The molecule has 4 heteroatoms. The van der Waals surface area contributed by atoms with Gasteiger partial charge in [0.2, 0.25) is 0 Å². The smallest absolute Gasteiger partial charge is 0.161 e. The zero-order valence-electron chi connectivity index (χ0n) is 13.8. The Morgan fingerprint density at radius 1 is 1.04 bits per heavy atom. The lowest BCUT2D eigenvalue weighted by atomic mass is 9.91. The van der Waals surface area contributed by atoms with Crippen molar-refractivity contribution in [2.24, 2.45) is 5.73 Å². The molecule has 0 aliphatic carbocycles. The van der Waals surface area contributed by atoms with Gasteiger partial charge in [0.15, 0.2) is 11.5 Å². The monoisotopic (exact) mass is 312 g/mol. The van der Waals surface area contributed by atoms with Crippen LogP contribution in [0.4, 0.5) is 5.69 Å². The highest BCUT2D eigenvalue weighted by Crippen LogP contribution is 2.32. The second kappa shape index (κ2) is 6.92. The van der Waals surface area contributed by atoms with Crippen LogP contribution in [0.5, 0.6) is 11.5 Å². The Morgan fingerprint density at radius 2 is 1.83 bits per heavy atom. The van der Waals surface area contributed by atoms with Gasteiger partial charge in [-0.15, -0.1) is 0 Å². The predicted molar refractivity (Wildman–Crippen MR) is 93.7 cm³/mol. The first-order chi connectivity index (χ1) is 11.2. The average molecular weight is 312 g/mol. The molecule has 1 aliphatic heterocycles. The largest absolute Gasteiger partial charge is 0.486 e. The minimum absolute atomic E-state index is 0.289. The average Bonchev–Trinajstić information content (AvgIpc) is 2.59. The lowest BCUT2D eigenvalue weighted by Crippen LogP contribution is -2.17. The molecular formula is C19H24N2O2. The highest BCUT2D eigenvalue weighted by molar-refractivity contribution is 5.49. The SMILES string of the molecule is CN(C)c1cccc(C(CN)Cc2ccc3c(c2)OCCO3)c1. The van der Waals surface area contributed by atoms with Gasteiger partial charge in [0.25, 0.3) is 0 Å². The van der Waals surface area contributed by atoms with Gasteiger partial charge in [-0.05, 0) is 48.4 Å². The van der Waals surface area contributed by atoms with Crippen molar-refractivity contribution in [3.05, 3.63) is 53.6 Å². The number of benzene rings is 2. The van der Waals surface area contributed by atoms with Crippen LogP contribution in [-0.2, 0) is 6.42 Å². The predicted octanol–water partition coefficient (Wildman–Crippen LogP) is 2.81. The fourth-order valence-electron chi connectivity index (χ4n) is 2.89. The Labute approximate surface area is 137 Å². The third kappa shape index (κ3) is 3.59. The molecule has 0 spiro atoms. The van der Waals surface area contributed by atoms with Crippen molar-refractivity contribution in [3.8, 4) is 11.5 Å². The lowest BCUT2D eigenvalue weighted by Gasteiger charge is -2.21. The zero-order valence-corrected chi connectivity index (χ0v) is 13.8. The molecule has 1 atom stereocenters. The number of fused-ring (bicyclic) bond motifs is 1. The Hall–Kier alpha value is -2.20. The van der Waals surface area contributed by atoms with Crippen molar-refractivity contribution in [2.75, 3.05) is 38.8 Å². The summed E-state index contributed by atoms with van der Waals surface area (Å²) in [5, 5.41) is 0. The molecule has 0 amide bonds. The molecule has 0 aromatic heterocycles. The van der Waals surface area contributed by atoms with Gasteiger partial charge >= 0.3 is 0 Å². The van der Waals surface area contributed by atoms with E-state index in [4.69, 9.17) is 15.2 Å². The number of nitrogens with zero attached hydrogens (tertiary/aromatic N) is 1. The maximum Gasteiger partial charge on any atom is 0.161 e. The Kier molecular flexibility index (Phi) is 4.72. The van der Waals surface area contributed by atoms with Gasteiger partial charge in [-0.3, -0.25) is 0 Å². The fraction of sp³-hybridized carbons (Fsp3) is 0.368. The summed E-state index contributed by atoms with van der Waals surface area (Å²) < 4.78 is 11.3. The fourth-order valence-corrected chi connectivity index (χ4v) is 2.89. The quantitative estimate of drug-likeness (QED) is 0.922. The summed E-state index contributed by atoms with van der Waals surface area (Å²) in [5.41, 5.74) is 9.74. The van der Waals surface area contributed by atoms with Gasteiger partial charge in [-0.2, -0.15) is 0 Å². The van der Waals surface area contributed by atoms with Gasteiger partial charge in [0.05, 0.1) is 0 Å². The summed E-state index contributed by atoms with van der Waals surface area (Å²) in [6.45, 7) is 1.85. The first-order valence-electron chi connectivity index (χ1n) is 8.03. The molecule has 0 saturated carbocycles. The molecule has 2 aromatic rings. The summed E-state index contributed by atoms with van der Waals surface area (Å²) in [5.74, 6) is 1.96. The highest BCUT2D eigenvalue weighted by Gasteiger charge is 2.15. The molecule has 3 rings (SSSR count). The van der Waals surface area contributed by atoms with E-state index in [9.17, 15) is 0 Å². The maximum absolute atomic E-state index is 6.05. The first kappa shape index (κ1) is 15.7. The molecule has 23 heavy (non-hydrogen) atoms. The summed E-state index contributed by atoms with van der Waals surface area (Å²) in [6, 6.07) is 14.8. The molecule has 1 heterocycles. The number of hydrogen-bond donors (Lipinski definition) is 1. The number of hydrogen-bond acceptors (Lipinski definition) is 4. The molecule has 1 aliphatic rings. The van der Waals surface area contributed by atoms with E-state index in [0.29, 0.717) is 19.8 Å². The van der Waals surface area contributed by atoms with Crippen molar-refractivity contribution in [1.82, 2.24) is 0 Å². The summed E-state index contributed by atoms with van der Waals surface area (Å²) in [6.07, 6.45) is 0.893. The topological polar surface area (TPSA) is 47.7 Å². The second-order valence-electron chi connectivity index (χ2n) is 6.10. The molecule has 0 radical (unpaired) electrons. The second-order valence-corrected chi connectivity index (χ2v) is 6.10. The van der Waals surface area contributed by atoms with E-state index in [-0.39, 0.29) is 5.92 Å². The Balaban J connectivity index is 1.80. The summed E-state index contributed by atoms with van der Waals surface area (Å²) in [7, 11) is 4.11. The van der Waals surface area contributed by atoms with E-state index in [1.165, 1.54) is 16.8 Å². The van der Waals surface area contributed by atoms with Crippen LogP contribution in [0.25, 0.3) is 0 Å². The normalized spacial score (nSPS) is 14.4. The molecule has 0 bridgehead atoms. The summed E-state index contributed by atoms with van der Waals surface area (Å²) in [4.78, 5) is 2.11. The number of anilines is 1. The third-order valence-electron chi connectivity index (χ3n) is 4.23. The molecule has 0 fully saturated rings. The van der Waals surface area contributed by atoms with Gasteiger partial charge in [-0.25, -0.2) is 0 Å². The van der Waals surface area contributed by atoms with Gasteiger partial charge in [0, 0.05) is 25.7 Å². The number of rotatable bonds is 5. The molecule has 4 nitrogen and oxygen atoms in total. The minimum atomic E-state index is 0.289. The number of ether oxygens (including phenoxy) is 2. The van der Waals surface area contributed by atoms with Gasteiger partial charge < -0.3 is 20.1 Å². The highest BCUT2D eigenvalue weighted by atomic mass is 16.6. The van der Waals surface area contributed by atoms with E-state index in [2.05, 4.69) is 55.4 Å². The van der Waals surface area contributed by atoms with Crippen molar-refractivity contribution in [1.29, 1.82) is 0 Å². The van der Waals surface area contributed by atoms with Crippen LogP contribution in [-0.4, -0.2) is 33.9 Å². The van der Waals surface area contributed by atoms with Crippen LogP contribution in [0, 0.1) is 0 Å². The van der Waals surface area contributed by atoms with E-state index >= 15 is 0 Å². The van der Waals surface area contributed by atoms with E-state index < -0.39 is 0 Å². The van der Waals surface area contributed by atoms with Crippen LogP contribution in [0.2, 0.25) is 0 Å². The maximum atomic E-state index is 6.05. The Bertz CT molecular complexity index is 670. The molecule has 2 N–H and O–H groups in total. The summed E-state index contributed by atoms with van der Waals surface area (Å²) >= 11 is 0. The van der Waals surface area contributed by atoms with E-state index in [1.54, 1.807) is 0 Å². The van der Waals surface area contributed by atoms with Crippen LogP contribution in [0.1, 0.15) is 17.0 Å². The van der Waals surface area contributed by atoms with Gasteiger partial charge in [0.1, 0.15) is 13.2 Å². The van der Waals surface area contributed by atoms with Crippen LogP contribution in [0.15, 0.2) is 42.5 Å². The third-order valence-corrected chi connectivity index (χ3v) is 4.23. The zero-order chi connectivity index (χ0) is 16.2. The molecule has 2 aromatic carbocycles. The standard InChI is InChI=1S/C19H24N2O2/c1-21(2)17-5-3-4-15(12-17)16(13-20)10-14-6-7-18-19(11-14)23-9-8-22-18/h3-7,11-12,16H,8-10,13,20H2,1-2H3. The van der Waals surface area contributed by atoms with Crippen molar-refractivity contribution < 1.29 is 9.47 Å². The van der Waals surface area contributed by atoms with E-state index in [0.717, 1.165) is 17.9 Å². The molecule has 0 saturated heterocycles. The van der Waals surface area contributed by atoms with Crippen LogP contribution in [0.3, 0.4) is 0 Å². The van der Waals surface area contributed by atoms with Gasteiger partial charge in [-0.1, -0.05) is 18.2 Å². The van der Waals surface area contributed by atoms with Crippen LogP contribution < -0.4 is 20.1 Å². The molecular weight excluding hydrogens is 288 g/mol. The van der Waals surface area contributed by atoms with E-state index in [1.807, 2.05) is 6.07 Å². The minimum Gasteiger partial charge on any atom is -0.486 e. The number of nitrogens with two attached hydrogens (primary N) is 1. The van der Waals surface area contributed by atoms with Crippen molar-refractivity contribution in [3.63, 3.8) is 0 Å². The molecule has 122 valence electrons. The Morgan fingerprint density at radius 3 is 2.57 bits per heavy atom.